The van der Waals surface area contributed by atoms with Gasteiger partial charge >= 0.3 is 0 Å². The van der Waals surface area contributed by atoms with Gasteiger partial charge in [0.1, 0.15) is 5.41 Å². The summed E-state index contributed by atoms with van der Waals surface area (Å²) >= 11 is 0. The predicted octanol–water partition coefficient (Wildman–Crippen LogP) is 1.22. The van der Waals surface area contributed by atoms with E-state index in [1.165, 1.54) is 15.6 Å². The summed E-state index contributed by atoms with van der Waals surface area (Å²) in [4.78, 5) is 31.2. The second-order valence-corrected chi connectivity index (χ2v) is 8.85. The van der Waals surface area contributed by atoms with Gasteiger partial charge in [-0.15, -0.1) is 0 Å². The third kappa shape index (κ3) is 3.53. The van der Waals surface area contributed by atoms with Gasteiger partial charge in [0.15, 0.2) is 5.65 Å². The van der Waals surface area contributed by atoms with Gasteiger partial charge in [-0.1, -0.05) is 0 Å². The number of amides is 2. The second kappa shape index (κ2) is 8.09. The predicted molar refractivity (Wildman–Crippen MR) is 119 cm³/mol. The molecule has 0 bridgehead atoms. The molecule has 34 heavy (non-hydrogen) atoms. The minimum Gasteiger partial charge on any atom is -0.376 e. The van der Waals surface area contributed by atoms with E-state index in [9.17, 15) is 19.2 Å². The van der Waals surface area contributed by atoms with Crippen molar-refractivity contribution in [2.75, 3.05) is 25.1 Å². The molecule has 3 aromatic heterocycles. The number of nitriles is 1. The average Bonchev–Trinajstić information content (AvgIpc) is 3.18. The number of nitrogens with zero attached hydrogens (tertiary/aromatic N) is 7. The van der Waals surface area contributed by atoms with Crippen molar-refractivity contribution in [3.8, 4) is 17.3 Å². The van der Waals surface area contributed by atoms with Crippen LogP contribution in [0.2, 0.25) is 0 Å². The molecular weight excluding hydrogens is 441 g/mol. The van der Waals surface area contributed by atoms with E-state index in [1.54, 1.807) is 17.1 Å². The molecule has 4 heterocycles. The standard InChI is InChI=1S/C22H24FN9O2/c1-2-31-9-14(6-26-31)17-11-32-20(29-17)18(15(7-27-32)19(25)33)28-16-10-30(8-13(16)5-23)21(34)22(12-24)3-4-22/h6-7,9,11,13,16,28H,2-5,8,10H2,1H3,(H2,25,33)/t13-,16+/m0/s1. The molecule has 1 aliphatic heterocycles. The van der Waals surface area contributed by atoms with Crippen LogP contribution in [0, 0.1) is 22.7 Å². The number of nitrogens with two attached hydrogens (primary N) is 1. The van der Waals surface area contributed by atoms with Crippen molar-refractivity contribution in [3.63, 3.8) is 0 Å². The van der Waals surface area contributed by atoms with Gasteiger partial charge in [0, 0.05) is 37.3 Å². The molecule has 0 aromatic carbocycles. The highest BCUT2D eigenvalue weighted by Crippen LogP contribution is 2.47. The Labute approximate surface area is 194 Å². The van der Waals surface area contributed by atoms with E-state index < -0.39 is 30.0 Å². The summed E-state index contributed by atoms with van der Waals surface area (Å²) in [6, 6.07) is 1.61. The number of nitrogens with one attached hydrogen (secondary N) is 1. The zero-order valence-electron chi connectivity index (χ0n) is 18.6. The van der Waals surface area contributed by atoms with Gasteiger partial charge < -0.3 is 16.0 Å². The Hall–Kier alpha value is -4.01. The number of imidazole rings is 1. The summed E-state index contributed by atoms with van der Waals surface area (Å²) in [5.41, 5.74) is 6.82. The number of rotatable bonds is 7. The molecule has 3 N–H and O–H groups in total. The van der Waals surface area contributed by atoms with E-state index in [-0.39, 0.29) is 24.6 Å². The highest BCUT2D eigenvalue weighted by atomic mass is 19.1. The molecule has 12 heteroatoms. The molecule has 5 rings (SSSR count). The molecule has 2 atom stereocenters. The maximum Gasteiger partial charge on any atom is 0.252 e. The SMILES string of the molecule is CCn1cc(-c2cn3ncc(C(N)=O)c(N[C@@H]4CN(C(=O)C5(C#N)CC5)C[C@@H]4CF)c3n2)cn1. The first-order valence-electron chi connectivity index (χ1n) is 11.1. The van der Waals surface area contributed by atoms with Crippen LogP contribution in [0.5, 0.6) is 0 Å². The molecule has 1 aliphatic carbocycles. The third-order valence-corrected chi connectivity index (χ3v) is 6.64. The van der Waals surface area contributed by atoms with Crippen molar-refractivity contribution < 1.29 is 14.0 Å². The molecular formula is C22H24FN9O2. The Bertz CT molecular complexity index is 1320. The van der Waals surface area contributed by atoms with Crippen molar-refractivity contribution in [3.05, 3.63) is 30.4 Å². The number of likely N-dealkylation sites (tertiary alicyclic amines) is 1. The Morgan fingerprint density at radius 2 is 2.09 bits per heavy atom. The minimum absolute atomic E-state index is 0.118. The first kappa shape index (κ1) is 21.8. The van der Waals surface area contributed by atoms with Crippen LogP contribution in [-0.4, -0.2) is 66.9 Å². The number of aryl methyl sites for hydroxylation is 1. The number of hydrogen-bond acceptors (Lipinski definition) is 7. The minimum atomic E-state index is -0.973. The fourth-order valence-electron chi connectivity index (χ4n) is 4.42. The number of primary amides is 1. The summed E-state index contributed by atoms with van der Waals surface area (Å²) in [6.07, 6.45) is 7.65. The van der Waals surface area contributed by atoms with E-state index in [1.807, 2.05) is 13.1 Å². The van der Waals surface area contributed by atoms with E-state index in [0.29, 0.717) is 36.4 Å². The lowest BCUT2D eigenvalue weighted by Crippen LogP contribution is -2.36. The summed E-state index contributed by atoms with van der Waals surface area (Å²) in [5.74, 6) is -1.47. The van der Waals surface area contributed by atoms with E-state index in [0.717, 1.165) is 5.56 Å². The number of halogens is 1. The maximum absolute atomic E-state index is 13.9. The van der Waals surface area contributed by atoms with Gasteiger partial charge in [-0.2, -0.15) is 15.5 Å². The quantitative estimate of drug-likeness (QED) is 0.533. The Morgan fingerprint density at radius 1 is 1.29 bits per heavy atom. The third-order valence-electron chi connectivity index (χ3n) is 6.64. The van der Waals surface area contributed by atoms with Crippen LogP contribution in [0.1, 0.15) is 30.1 Å². The fraction of sp³-hybridized carbons (Fsp3) is 0.455. The number of hydrogen-bond donors (Lipinski definition) is 2. The van der Waals surface area contributed by atoms with Crippen LogP contribution in [0.15, 0.2) is 24.8 Å². The van der Waals surface area contributed by atoms with Gasteiger partial charge in [-0.25, -0.2) is 9.50 Å². The Morgan fingerprint density at radius 3 is 2.71 bits per heavy atom. The number of carbonyl (C=O) groups excluding carboxylic acids is 2. The molecule has 1 saturated carbocycles. The summed E-state index contributed by atoms with van der Waals surface area (Å²) in [7, 11) is 0. The van der Waals surface area contributed by atoms with Crippen LogP contribution in [0.3, 0.4) is 0 Å². The molecule has 0 radical (unpaired) electrons. The molecule has 3 aromatic rings. The van der Waals surface area contributed by atoms with Crippen LogP contribution in [0.4, 0.5) is 10.1 Å². The zero-order chi connectivity index (χ0) is 24.0. The van der Waals surface area contributed by atoms with Crippen molar-refractivity contribution in [1.29, 1.82) is 5.26 Å². The Kier molecular flexibility index (Phi) is 5.19. The lowest BCUT2D eigenvalue weighted by Gasteiger charge is -2.21. The van der Waals surface area contributed by atoms with E-state index in [2.05, 4.69) is 26.6 Å². The number of aromatic nitrogens is 5. The van der Waals surface area contributed by atoms with E-state index in [4.69, 9.17) is 5.73 Å². The van der Waals surface area contributed by atoms with Gasteiger partial charge in [0.05, 0.1) is 54.3 Å². The van der Waals surface area contributed by atoms with Crippen LogP contribution in [-0.2, 0) is 11.3 Å². The normalized spacial score (nSPS) is 20.9. The zero-order valence-corrected chi connectivity index (χ0v) is 18.6. The second-order valence-electron chi connectivity index (χ2n) is 8.85. The Balaban J connectivity index is 1.49. The first-order chi connectivity index (χ1) is 16.4. The van der Waals surface area contributed by atoms with Gasteiger partial charge in [-0.05, 0) is 19.8 Å². The highest BCUT2D eigenvalue weighted by Gasteiger charge is 2.54. The highest BCUT2D eigenvalue weighted by molar-refractivity contribution is 6.01. The van der Waals surface area contributed by atoms with Gasteiger partial charge in [0.25, 0.3) is 5.91 Å². The lowest BCUT2D eigenvalue weighted by atomic mass is 10.0. The average molecular weight is 465 g/mol. The molecule has 2 fully saturated rings. The lowest BCUT2D eigenvalue weighted by molar-refractivity contribution is -0.134. The monoisotopic (exact) mass is 465 g/mol. The van der Waals surface area contributed by atoms with Crippen LogP contribution < -0.4 is 11.1 Å². The molecule has 2 amide bonds. The topological polar surface area (TPSA) is 147 Å². The molecule has 11 nitrogen and oxygen atoms in total. The fourth-order valence-corrected chi connectivity index (χ4v) is 4.42. The largest absolute Gasteiger partial charge is 0.376 e. The van der Waals surface area contributed by atoms with Gasteiger partial charge in [0.2, 0.25) is 5.91 Å². The van der Waals surface area contributed by atoms with Crippen molar-refractivity contribution in [2.45, 2.75) is 32.4 Å². The first-order valence-corrected chi connectivity index (χ1v) is 11.1. The molecule has 0 unspecified atom stereocenters. The van der Waals surface area contributed by atoms with Gasteiger partial charge in [-0.3, -0.25) is 18.7 Å². The maximum atomic E-state index is 13.9. The summed E-state index contributed by atoms with van der Waals surface area (Å²) < 4.78 is 17.2. The number of fused-ring (bicyclic) bond motifs is 1. The molecule has 176 valence electrons. The van der Waals surface area contributed by atoms with Crippen molar-refractivity contribution in [1.82, 2.24) is 29.3 Å². The molecule has 1 saturated heterocycles. The summed E-state index contributed by atoms with van der Waals surface area (Å²) in [5, 5.41) is 21.1. The molecule has 0 spiro atoms. The summed E-state index contributed by atoms with van der Waals surface area (Å²) in [6.45, 7) is 2.42. The van der Waals surface area contributed by atoms with Crippen LogP contribution >= 0.6 is 0 Å². The van der Waals surface area contributed by atoms with Crippen LogP contribution in [0.25, 0.3) is 16.9 Å². The number of carbonyl (C=O) groups is 2. The van der Waals surface area contributed by atoms with Crippen molar-refractivity contribution >= 4 is 23.1 Å². The smallest absolute Gasteiger partial charge is 0.252 e. The molecule has 2 aliphatic rings. The van der Waals surface area contributed by atoms with Crippen molar-refractivity contribution in [2.24, 2.45) is 17.1 Å². The van der Waals surface area contributed by atoms with E-state index >= 15 is 0 Å². The number of alkyl halides is 1. The number of anilines is 1.